The molecule has 0 saturated heterocycles. The molecular formula is C27H29N5O4S2. The SMILES string of the molecule is COc1ccc(CN(Cn2sc3nc(C)cc(C)c3c2=O)Cn2sc3nc(C)cc(C)c3c2=O)cc1OC. The number of nitrogens with zero attached hydrogens (tertiary/aromatic N) is 5. The molecule has 11 heteroatoms. The van der Waals surface area contributed by atoms with Gasteiger partial charge in [-0.25, -0.2) is 17.9 Å². The zero-order valence-corrected chi connectivity index (χ0v) is 23.8. The number of hydrogen-bond acceptors (Lipinski definition) is 9. The van der Waals surface area contributed by atoms with Gasteiger partial charge in [0.1, 0.15) is 9.66 Å². The van der Waals surface area contributed by atoms with E-state index < -0.39 is 0 Å². The van der Waals surface area contributed by atoms with Gasteiger partial charge in [-0.05, 0) is 91.7 Å². The van der Waals surface area contributed by atoms with Crippen LogP contribution in [0.5, 0.6) is 11.5 Å². The number of aryl methyl sites for hydroxylation is 4. The third-order valence-corrected chi connectivity index (χ3v) is 8.35. The molecule has 38 heavy (non-hydrogen) atoms. The first-order chi connectivity index (χ1) is 18.2. The minimum absolute atomic E-state index is 0.0795. The van der Waals surface area contributed by atoms with Gasteiger partial charge in [-0.15, -0.1) is 0 Å². The van der Waals surface area contributed by atoms with E-state index in [1.54, 1.807) is 22.1 Å². The highest BCUT2D eigenvalue weighted by Crippen LogP contribution is 2.29. The highest BCUT2D eigenvalue weighted by molar-refractivity contribution is 7.13. The molecule has 0 atom stereocenters. The van der Waals surface area contributed by atoms with E-state index in [0.717, 1.165) is 28.1 Å². The van der Waals surface area contributed by atoms with Crippen LogP contribution in [0.15, 0.2) is 39.9 Å². The van der Waals surface area contributed by atoms with Gasteiger partial charge in [-0.2, -0.15) is 0 Å². The summed E-state index contributed by atoms with van der Waals surface area (Å²) in [6.07, 6.45) is 0. The highest BCUT2D eigenvalue weighted by Gasteiger charge is 2.19. The predicted molar refractivity (Wildman–Crippen MR) is 152 cm³/mol. The molecule has 0 aliphatic heterocycles. The van der Waals surface area contributed by atoms with E-state index >= 15 is 0 Å². The molecule has 0 fully saturated rings. The van der Waals surface area contributed by atoms with E-state index in [9.17, 15) is 9.59 Å². The summed E-state index contributed by atoms with van der Waals surface area (Å²) in [5.41, 5.74) is 4.38. The Morgan fingerprint density at radius 1 is 0.763 bits per heavy atom. The molecule has 4 aromatic heterocycles. The average Bonchev–Trinajstić information content (AvgIpc) is 3.34. The van der Waals surface area contributed by atoms with Crippen LogP contribution in [0.4, 0.5) is 0 Å². The minimum Gasteiger partial charge on any atom is -0.493 e. The van der Waals surface area contributed by atoms with Crippen LogP contribution >= 0.6 is 23.1 Å². The highest BCUT2D eigenvalue weighted by atomic mass is 32.1. The topological polar surface area (TPSA) is 91.5 Å². The number of fused-ring (bicyclic) bond motifs is 2. The van der Waals surface area contributed by atoms with E-state index in [0.29, 0.717) is 51.8 Å². The van der Waals surface area contributed by atoms with Gasteiger partial charge in [-0.1, -0.05) is 6.07 Å². The Bertz CT molecular complexity index is 1680. The van der Waals surface area contributed by atoms with Crippen LogP contribution in [0.25, 0.3) is 20.4 Å². The maximum absolute atomic E-state index is 13.4. The smallest absolute Gasteiger partial charge is 0.271 e. The third-order valence-electron chi connectivity index (χ3n) is 6.41. The molecule has 4 heterocycles. The van der Waals surface area contributed by atoms with Crippen molar-refractivity contribution in [3.8, 4) is 11.5 Å². The zero-order valence-electron chi connectivity index (χ0n) is 22.2. The molecule has 5 rings (SSSR count). The summed E-state index contributed by atoms with van der Waals surface area (Å²) in [6, 6.07) is 9.58. The Morgan fingerprint density at radius 2 is 1.26 bits per heavy atom. The third kappa shape index (κ3) is 4.84. The van der Waals surface area contributed by atoms with Crippen LogP contribution in [-0.4, -0.2) is 37.0 Å². The van der Waals surface area contributed by atoms with Crippen molar-refractivity contribution in [1.82, 2.24) is 22.8 Å². The second kappa shape index (κ2) is 10.3. The number of hydrogen-bond donors (Lipinski definition) is 0. The normalized spacial score (nSPS) is 11.7. The lowest BCUT2D eigenvalue weighted by molar-refractivity contribution is 0.171. The molecule has 5 aromatic rings. The average molecular weight is 552 g/mol. The van der Waals surface area contributed by atoms with Gasteiger partial charge >= 0.3 is 0 Å². The first kappa shape index (κ1) is 26.1. The standard InChI is InChI=1S/C27H29N5O4S2/c1-15-9-17(3)28-24-22(15)26(33)31(37-24)13-30(12-19-7-8-20(35-5)21(11-19)36-6)14-32-27(34)23-16(2)10-18(4)29-25(23)38-32/h7-11H,12-14H2,1-6H3. The summed E-state index contributed by atoms with van der Waals surface area (Å²) < 4.78 is 14.3. The van der Waals surface area contributed by atoms with Crippen LogP contribution in [0.3, 0.4) is 0 Å². The van der Waals surface area contributed by atoms with E-state index in [2.05, 4.69) is 14.9 Å². The van der Waals surface area contributed by atoms with E-state index in [-0.39, 0.29) is 11.1 Å². The molecule has 9 nitrogen and oxygen atoms in total. The van der Waals surface area contributed by atoms with Crippen molar-refractivity contribution >= 4 is 43.5 Å². The maximum atomic E-state index is 13.4. The van der Waals surface area contributed by atoms with Crippen LogP contribution < -0.4 is 20.6 Å². The molecule has 0 aliphatic rings. The van der Waals surface area contributed by atoms with Crippen LogP contribution in [0, 0.1) is 27.7 Å². The van der Waals surface area contributed by atoms with Crippen LogP contribution in [0.2, 0.25) is 0 Å². The van der Waals surface area contributed by atoms with Gasteiger partial charge in [0.15, 0.2) is 11.5 Å². The second-order valence-corrected chi connectivity index (χ2v) is 11.4. The van der Waals surface area contributed by atoms with Crippen molar-refractivity contribution in [3.05, 3.63) is 79.1 Å². The van der Waals surface area contributed by atoms with Crippen molar-refractivity contribution in [2.24, 2.45) is 0 Å². The summed E-state index contributed by atoms with van der Waals surface area (Å²) in [6.45, 7) is 8.78. The fourth-order valence-corrected chi connectivity index (χ4v) is 6.99. The Labute approximate surface area is 227 Å². The Morgan fingerprint density at radius 3 is 1.74 bits per heavy atom. The lowest BCUT2D eigenvalue weighted by atomic mass is 10.2. The molecule has 0 unspecified atom stereocenters. The number of ether oxygens (including phenoxy) is 2. The lowest BCUT2D eigenvalue weighted by Crippen LogP contribution is -2.33. The van der Waals surface area contributed by atoms with Gasteiger partial charge in [0.25, 0.3) is 11.1 Å². The van der Waals surface area contributed by atoms with Crippen molar-refractivity contribution in [2.45, 2.75) is 47.6 Å². The molecule has 0 aliphatic carbocycles. The van der Waals surface area contributed by atoms with Crippen LogP contribution in [-0.2, 0) is 19.9 Å². The summed E-state index contributed by atoms with van der Waals surface area (Å²) in [5.74, 6) is 1.26. The molecule has 0 saturated carbocycles. The van der Waals surface area contributed by atoms with Gasteiger partial charge < -0.3 is 9.47 Å². The van der Waals surface area contributed by atoms with Gasteiger partial charge in [0, 0.05) is 17.9 Å². The van der Waals surface area contributed by atoms with E-state index in [1.807, 2.05) is 58.0 Å². The molecule has 0 radical (unpaired) electrons. The second-order valence-electron chi connectivity index (χ2n) is 9.37. The van der Waals surface area contributed by atoms with E-state index in [4.69, 9.17) is 9.47 Å². The predicted octanol–water partition coefficient (Wildman–Crippen LogP) is 4.60. The van der Waals surface area contributed by atoms with Gasteiger partial charge in [-0.3, -0.25) is 14.5 Å². The quantitative estimate of drug-likeness (QED) is 0.278. The zero-order chi connectivity index (χ0) is 27.1. The van der Waals surface area contributed by atoms with Crippen LogP contribution in [0.1, 0.15) is 28.1 Å². The molecule has 1 aromatic carbocycles. The lowest BCUT2D eigenvalue weighted by Gasteiger charge is -2.22. The first-order valence-corrected chi connectivity index (χ1v) is 13.6. The Hall–Kier alpha value is -3.54. The number of methoxy groups -OCH3 is 2. The molecule has 0 amide bonds. The van der Waals surface area contributed by atoms with Crippen molar-refractivity contribution in [1.29, 1.82) is 0 Å². The molecule has 0 N–H and O–H groups in total. The Balaban J connectivity index is 1.56. The summed E-state index contributed by atoms with van der Waals surface area (Å²) >= 11 is 2.68. The number of pyridine rings is 2. The fourth-order valence-electron chi connectivity index (χ4n) is 4.73. The summed E-state index contributed by atoms with van der Waals surface area (Å²) in [7, 11) is 3.20. The molecule has 198 valence electrons. The molecule has 0 bridgehead atoms. The minimum atomic E-state index is -0.0795. The van der Waals surface area contributed by atoms with Gasteiger partial charge in [0.2, 0.25) is 0 Å². The Kier molecular flexibility index (Phi) is 7.08. The molecule has 0 spiro atoms. The molecular weight excluding hydrogens is 522 g/mol. The van der Waals surface area contributed by atoms with Crippen molar-refractivity contribution in [3.63, 3.8) is 0 Å². The largest absolute Gasteiger partial charge is 0.493 e. The number of aromatic nitrogens is 4. The van der Waals surface area contributed by atoms with Gasteiger partial charge in [0.05, 0.1) is 38.3 Å². The van der Waals surface area contributed by atoms with E-state index in [1.165, 1.54) is 23.1 Å². The van der Waals surface area contributed by atoms with Crippen molar-refractivity contribution in [2.75, 3.05) is 14.2 Å². The maximum Gasteiger partial charge on any atom is 0.271 e. The number of rotatable bonds is 8. The summed E-state index contributed by atoms with van der Waals surface area (Å²) in [4.78, 5) is 39.4. The van der Waals surface area contributed by atoms with Crippen molar-refractivity contribution < 1.29 is 9.47 Å². The first-order valence-electron chi connectivity index (χ1n) is 12.1. The monoisotopic (exact) mass is 551 g/mol. The fraction of sp³-hybridized carbons (Fsp3) is 0.333. The summed E-state index contributed by atoms with van der Waals surface area (Å²) in [5, 5.41) is 1.28. The number of benzene rings is 1.